The summed E-state index contributed by atoms with van der Waals surface area (Å²) >= 11 is 0. The van der Waals surface area contributed by atoms with E-state index in [0.717, 1.165) is 0 Å². The second kappa shape index (κ2) is 27.4. The van der Waals surface area contributed by atoms with Crippen LogP contribution >= 0.6 is 0 Å². The quantitative estimate of drug-likeness (QED) is 0.181. The van der Waals surface area contributed by atoms with Crippen molar-refractivity contribution in [3.8, 4) is 5.75 Å². The molecule has 0 spiro atoms. The lowest BCUT2D eigenvalue weighted by Crippen LogP contribution is -2.62. The van der Waals surface area contributed by atoms with Gasteiger partial charge in [0, 0.05) is 39.0 Å². The van der Waals surface area contributed by atoms with E-state index in [1.165, 1.54) is 38.7 Å². The molecule has 5 fully saturated rings. The zero-order valence-electron chi connectivity index (χ0n) is 47.5. The molecule has 436 valence electrons. The first-order valence-corrected chi connectivity index (χ1v) is 29.1. The van der Waals surface area contributed by atoms with Gasteiger partial charge in [0.15, 0.2) is 0 Å². The minimum absolute atomic E-state index is 0.00659. The minimum Gasteiger partial charge on any atom is -0.508 e. The lowest BCUT2D eigenvalue weighted by molar-refractivity contribution is -0.149. The smallest absolute Gasteiger partial charge is 0.246 e. The first-order valence-electron chi connectivity index (χ1n) is 29.1. The van der Waals surface area contributed by atoms with Crippen molar-refractivity contribution in [2.24, 2.45) is 17.8 Å². The summed E-state index contributed by atoms with van der Waals surface area (Å²) in [4.78, 5) is 152. The van der Waals surface area contributed by atoms with E-state index in [1.54, 1.807) is 43.3 Å². The fourth-order valence-electron chi connectivity index (χ4n) is 11.9. The van der Waals surface area contributed by atoms with Crippen LogP contribution in [0.4, 0.5) is 0 Å². The minimum atomic E-state index is -1.27. The largest absolute Gasteiger partial charge is 0.508 e. The highest BCUT2D eigenvalue weighted by atomic mass is 16.3. The molecule has 0 unspecified atom stereocenters. The van der Waals surface area contributed by atoms with Gasteiger partial charge in [-0.1, -0.05) is 96.8 Å². The van der Waals surface area contributed by atoms with E-state index in [-0.39, 0.29) is 63.5 Å². The Morgan fingerprint density at radius 2 is 0.863 bits per heavy atom. The fraction of sp³-hybridized carbons (Fsp3) is 0.627. The number of benzene rings is 2. The molecule has 0 saturated carbocycles. The second-order valence-electron chi connectivity index (χ2n) is 23.1. The van der Waals surface area contributed by atoms with Gasteiger partial charge in [0.1, 0.15) is 66.2 Å². The Morgan fingerprint density at radius 1 is 0.450 bits per heavy atom. The topological polar surface area (TPSA) is 276 Å². The Morgan fingerprint density at radius 3 is 1.38 bits per heavy atom. The molecule has 2 aromatic rings. The average molecular weight is 1110 g/mol. The molecular formula is C59H84N10O11. The van der Waals surface area contributed by atoms with Crippen LogP contribution < -0.4 is 31.9 Å². The Labute approximate surface area is 469 Å². The molecular weight excluding hydrogens is 1020 g/mol. The standard InChI is InChI=1S/C59H84N10O11/c1-8-35(5)48-55(76)62-41(32-38-17-11-10-12-18-38)51(72)60-37(7)50(71)63-43(31-34(3)4)56(77)68-29-15-21-46(68)57(78)66-27-13-19-44(66)53(74)61-42(33-39-23-25-40(70)26-24-39)52(73)65-49(36(6)9-2)59(80)69-30-16-22-47(69)58(79)67-28-14-20-45(67)54(75)64-48/h10-12,17-18,23-26,34-37,41-49,70H,8-9,13-16,19-22,27-33H2,1-7H3,(H,60,72)(H,61,74)(H,62,76)(H,63,71)(H,64,75)(H,65,73)/t35-,36+,37+,41+,42+,43+,44-,45+,46-,47+,48-,49+/m0/s1. The van der Waals surface area contributed by atoms with Crippen LogP contribution in [0.15, 0.2) is 54.6 Å². The van der Waals surface area contributed by atoms with Crippen molar-refractivity contribution in [3.63, 3.8) is 0 Å². The van der Waals surface area contributed by atoms with E-state index in [9.17, 15) is 53.1 Å². The molecule has 0 aliphatic carbocycles. The molecule has 12 atom stereocenters. The number of aromatic hydroxyl groups is 1. The Hall–Kier alpha value is -7.06. The maximum Gasteiger partial charge on any atom is 0.246 e. The molecule has 10 amide bonds. The monoisotopic (exact) mass is 1110 g/mol. The predicted octanol–water partition coefficient (Wildman–Crippen LogP) is 2.22. The van der Waals surface area contributed by atoms with Gasteiger partial charge in [0.05, 0.1) is 0 Å². The molecule has 0 radical (unpaired) electrons. The van der Waals surface area contributed by atoms with Gasteiger partial charge < -0.3 is 56.6 Å². The third kappa shape index (κ3) is 14.5. The lowest BCUT2D eigenvalue weighted by Gasteiger charge is -2.35. The summed E-state index contributed by atoms with van der Waals surface area (Å²) < 4.78 is 0. The van der Waals surface area contributed by atoms with Crippen LogP contribution in [0.1, 0.15) is 130 Å². The molecule has 0 bridgehead atoms. The van der Waals surface area contributed by atoms with Crippen LogP contribution in [0.3, 0.4) is 0 Å². The van der Waals surface area contributed by atoms with Gasteiger partial charge in [0.25, 0.3) is 0 Å². The average Bonchev–Trinajstić information content (AvgIpc) is 4.31. The third-order valence-corrected chi connectivity index (χ3v) is 16.9. The van der Waals surface area contributed by atoms with E-state index in [2.05, 4.69) is 31.9 Å². The predicted molar refractivity (Wildman–Crippen MR) is 297 cm³/mol. The number of carbonyl (C=O) groups is 10. The van der Waals surface area contributed by atoms with Crippen LogP contribution in [0, 0.1) is 17.8 Å². The van der Waals surface area contributed by atoms with Crippen molar-refractivity contribution in [1.29, 1.82) is 0 Å². The van der Waals surface area contributed by atoms with Crippen molar-refractivity contribution in [2.75, 3.05) is 26.2 Å². The molecule has 5 aliphatic heterocycles. The fourth-order valence-corrected chi connectivity index (χ4v) is 11.9. The third-order valence-electron chi connectivity index (χ3n) is 16.9. The molecule has 7 rings (SSSR count). The van der Waals surface area contributed by atoms with E-state index in [0.29, 0.717) is 68.9 Å². The van der Waals surface area contributed by atoms with Crippen molar-refractivity contribution in [1.82, 2.24) is 51.5 Å². The Kier molecular flexibility index (Phi) is 20.8. The number of phenols is 1. The Bertz CT molecular complexity index is 2580. The molecule has 5 heterocycles. The summed E-state index contributed by atoms with van der Waals surface area (Å²) in [6, 6.07) is 4.15. The number of hydrogen-bond donors (Lipinski definition) is 7. The van der Waals surface area contributed by atoms with E-state index in [1.807, 2.05) is 40.7 Å². The van der Waals surface area contributed by atoms with Gasteiger partial charge in [-0.25, -0.2) is 0 Å². The molecule has 5 saturated heterocycles. The number of hydrogen-bond acceptors (Lipinski definition) is 11. The molecule has 5 aliphatic rings. The number of fused-ring (bicyclic) bond motifs is 4. The summed E-state index contributed by atoms with van der Waals surface area (Å²) in [5.74, 6) is -6.69. The van der Waals surface area contributed by atoms with Gasteiger partial charge in [-0.05, 0) is 106 Å². The van der Waals surface area contributed by atoms with E-state index < -0.39 is 131 Å². The normalized spacial score (nSPS) is 29.1. The number of nitrogens with zero attached hydrogens (tertiary/aromatic N) is 4. The van der Waals surface area contributed by atoms with Gasteiger partial charge in [-0.3, -0.25) is 47.9 Å². The first kappa shape index (κ1) is 60.6. The number of phenolic OH excluding ortho intramolecular Hbond substituents is 1. The van der Waals surface area contributed by atoms with E-state index in [4.69, 9.17) is 0 Å². The molecule has 80 heavy (non-hydrogen) atoms. The molecule has 7 N–H and O–H groups in total. The highest BCUT2D eigenvalue weighted by Crippen LogP contribution is 2.30. The van der Waals surface area contributed by atoms with Gasteiger partial charge in [0.2, 0.25) is 59.1 Å². The first-order chi connectivity index (χ1) is 38.2. The van der Waals surface area contributed by atoms with Crippen LogP contribution in [-0.2, 0) is 60.8 Å². The lowest BCUT2D eigenvalue weighted by atomic mass is 9.96. The highest BCUT2D eigenvalue weighted by Gasteiger charge is 2.47. The zero-order valence-corrected chi connectivity index (χ0v) is 47.5. The van der Waals surface area contributed by atoms with Crippen LogP contribution in [0.25, 0.3) is 0 Å². The van der Waals surface area contributed by atoms with Gasteiger partial charge in [-0.2, -0.15) is 0 Å². The summed E-state index contributed by atoms with van der Waals surface area (Å²) in [5, 5.41) is 27.3. The maximum absolute atomic E-state index is 14.9. The summed E-state index contributed by atoms with van der Waals surface area (Å²) in [6.45, 7) is 13.5. The molecule has 21 nitrogen and oxygen atoms in total. The van der Waals surface area contributed by atoms with Gasteiger partial charge in [-0.15, -0.1) is 0 Å². The summed E-state index contributed by atoms with van der Waals surface area (Å²) in [5.41, 5.74) is 1.29. The van der Waals surface area contributed by atoms with Crippen LogP contribution in [0.2, 0.25) is 0 Å². The van der Waals surface area contributed by atoms with E-state index >= 15 is 0 Å². The van der Waals surface area contributed by atoms with Gasteiger partial charge >= 0.3 is 0 Å². The number of carbonyl (C=O) groups excluding carboxylic acids is 10. The summed E-state index contributed by atoms with van der Waals surface area (Å²) in [7, 11) is 0. The van der Waals surface area contributed by atoms with Crippen LogP contribution in [-0.4, -0.2) is 170 Å². The highest BCUT2D eigenvalue weighted by molar-refractivity contribution is 6.00. The van der Waals surface area contributed by atoms with Crippen molar-refractivity contribution >= 4 is 59.1 Å². The Balaban J connectivity index is 1.24. The summed E-state index contributed by atoms with van der Waals surface area (Å²) in [6.07, 6.45) is 4.17. The SMILES string of the molecule is CC[C@@H](C)[C@H]1NC(=O)[C@@H](Cc2ccc(O)cc2)NC(=O)[C@@H]2CCCN2C(=O)[C@@H]2CCCN2C(=O)[C@@H](CC(C)C)NC(=O)[C@@H](C)NC(=O)[C@@H](Cc2ccccc2)NC(=O)[C@H]([C@@H](C)CC)NC(=O)[C@H]2CCCN2C(=O)[C@H]2CCCN2C1=O. The second-order valence-corrected chi connectivity index (χ2v) is 23.1. The maximum atomic E-state index is 14.9. The number of amides is 10. The zero-order chi connectivity index (χ0) is 57.9. The van der Waals surface area contributed by atoms with Crippen molar-refractivity contribution in [2.45, 2.75) is 192 Å². The van der Waals surface area contributed by atoms with Crippen LogP contribution in [0.5, 0.6) is 5.75 Å². The number of rotatable bonds is 10. The molecule has 0 aromatic heterocycles. The molecule has 21 heteroatoms. The molecule has 2 aromatic carbocycles. The number of nitrogens with one attached hydrogen (secondary N) is 6. The van der Waals surface area contributed by atoms with Crippen molar-refractivity contribution < 1.29 is 53.1 Å². The van der Waals surface area contributed by atoms with Crippen molar-refractivity contribution in [3.05, 3.63) is 65.7 Å².